The van der Waals surface area contributed by atoms with Crippen LogP contribution in [0.4, 0.5) is 10.5 Å². The number of benzene rings is 1. The molecule has 6 heteroatoms. The zero-order valence-corrected chi connectivity index (χ0v) is 16.6. The topological polar surface area (TPSA) is 44.8 Å². The maximum Gasteiger partial charge on any atom is 0.321 e. The second-order valence-electron chi connectivity index (χ2n) is 7.72. The van der Waals surface area contributed by atoms with Gasteiger partial charge in [0.2, 0.25) is 0 Å². The molecule has 0 aliphatic carbocycles. The van der Waals surface area contributed by atoms with Gasteiger partial charge >= 0.3 is 6.03 Å². The minimum absolute atomic E-state index is 0.0451. The van der Waals surface area contributed by atoms with Crippen molar-refractivity contribution in [3.05, 3.63) is 23.2 Å². The first-order chi connectivity index (χ1) is 12.5. The van der Waals surface area contributed by atoms with Crippen molar-refractivity contribution in [1.82, 2.24) is 9.80 Å². The van der Waals surface area contributed by atoms with Crippen molar-refractivity contribution in [2.45, 2.75) is 32.6 Å². The number of rotatable bonds is 4. The number of carbonyl (C=O) groups excluding carboxylic acids is 1. The Morgan fingerprint density at radius 1 is 1.27 bits per heavy atom. The predicted molar refractivity (Wildman–Crippen MR) is 106 cm³/mol. The maximum absolute atomic E-state index is 12.5. The van der Waals surface area contributed by atoms with Crippen LogP contribution in [0, 0.1) is 11.8 Å². The van der Waals surface area contributed by atoms with E-state index in [-0.39, 0.29) is 6.03 Å². The Morgan fingerprint density at radius 3 is 2.69 bits per heavy atom. The van der Waals surface area contributed by atoms with Gasteiger partial charge in [-0.1, -0.05) is 18.5 Å². The number of urea groups is 1. The lowest BCUT2D eigenvalue weighted by molar-refractivity contribution is 0.125. The molecule has 0 spiro atoms. The van der Waals surface area contributed by atoms with Crippen molar-refractivity contribution in [3.8, 4) is 5.75 Å². The number of piperidine rings is 2. The third-order valence-electron chi connectivity index (χ3n) is 5.56. The van der Waals surface area contributed by atoms with Crippen molar-refractivity contribution in [1.29, 1.82) is 0 Å². The number of carbonyl (C=O) groups is 1. The van der Waals surface area contributed by atoms with Crippen LogP contribution < -0.4 is 10.1 Å². The number of methoxy groups -OCH3 is 1. The fourth-order valence-electron chi connectivity index (χ4n) is 4.08. The number of amides is 2. The zero-order chi connectivity index (χ0) is 18.5. The van der Waals surface area contributed by atoms with E-state index < -0.39 is 0 Å². The van der Waals surface area contributed by atoms with E-state index in [1.807, 2.05) is 11.0 Å². The zero-order valence-electron chi connectivity index (χ0n) is 15.8. The van der Waals surface area contributed by atoms with E-state index in [4.69, 9.17) is 16.3 Å². The molecule has 1 atom stereocenters. The number of hydrogen-bond acceptors (Lipinski definition) is 3. The van der Waals surface area contributed by atoms with E-state index in [2.05, 4.69) is 17.1 Å². The summed E-state index contributed by atoms with van der Waals surface area (Å²) >= 11 is 6.13. The smallest absolute Gasteiger partial charge is 0.321 e. The number of anilines is 1. The number of hydrogen-bond donors (Lipinski definition) is 1. The Hall–Kier alpha value is -1.46. The molecule has 144 valence electrons. The van der Waals surface area contributed by atoms with Crippen molar-refractivity contribution < 1.29 is 9.53 Å². The van der Waals surface area contributed by atoms with Crippen molar-refractivity contribution in [2.24, 2.45) is 11.8 Å². The summed E-state index contributed by atoms with van der Waals surface area (Å²) in [5, 5.41) is 3.44. The first-order valence-corrected chi connectivity index (χ1v) is 10.0. The monoisotopic (exact) mass is 379 g/mol. The Morgan fingerprint density at radius 2 is 2.04 bits per heavy atom. The summed E-state index contributed by atoms with van der Waals surface area (Å²) in [4.78, 5) is 17.0. The Labute approximate surface area is 161 Å². The summed E-state index contributed by atoms with van der Waals surface area (Å²) in [5.41, 5.74) is 0.699. The van der Waals surface area contributed by atoms with E-state index in [0.717, 1.165) is 31.8 Å². The molecule has 2 aliphatic rings. The third kappa shape index (κ3) is 5.04. The summed E-state index contributed by atoms with van der Waals surface area (Å²) in [6.45, 7) is 7.66. The van der Waals surface area contributed by atoms with Crippen LogP contribution in [0.15, 0.2) is 18.2 Å². The normalized spacial score (nSPS) is 22.3. The molecule has 5 nitrogen and oxygen atoms in total. The van der Waals surface area contributed by atoms with Crippen LogP contribution in [0.5, 0.6) is 5.75 Å². The first-order valence-electron chi connectivity index (χ1n) is 9.67. The maximum atomic E-state index is 12.5. The van der Waals surface area contributed by atoms with Gasteiger partial charge in [-0.05, 0) is 62.3 Å². The third-order valence-corrected chi connectivity index (χ3v) is 5.86. The highest BCUT2D eigenvalue weighted by Crippen LogP contribution is 2.28. The molecule has 1 N–H and O–H groups in total. The number of halogens is 1. The molecule has 0 saturated carbocycles. The standard InChI is InChI=1S/C20H30ClN3O2/c1-15-4-3-9-23(13-15)14-16-7-10-24(11-8-16)20(25)22-17-5-6-19(26-2)18(21)12-17/h5-6,12,15-16H,3-4,7-11,13-14H2,1-2H3,(H,22,25)/t15-/m0/s1. The Balaban J connectivity index is 1.45. The molecular formula is C20H30ClN3O2. The molecule has 0 bridgehead atoms. The molecule has 2 amide bonds. The minimum Gasteiger partial charge on any atom is -0.495 e. The van der Waals surface area contributed by atoms with Crippen molar-refractivity contribution in [2.75, 3.05) is 45.2 Å². The van der Waals surface area contributed by atoms with Gasteiger partial charge in [-0.2, -0.15) is 0 Å². The van der Waals surface area contributed by atoms with Gasteiger partial charge in [-0.3, -0.25) is 0 Å². The Bertz CT molecular complexity index is 617. The van der Waals surface area contributed by atoms with E-state index in [1.54, 1.807) is 19.2 Å². The lowest BCUT2D eigenvalue weighted by Gasteiger charge is -2.37. The molecule has 0 aromatic heterocycles. The Kier molecular flexibility index (Phi) is 6.65. The van der Waals surface area contributed by atoms with E-state index >= 15 is 0 Å². The molecule has 1 aromatic carbocycles. The van der Waals surface area contributed by atoms with Crippen LogP contribution in [0.1, 0.15) is 32.6 Å². The summed E-state index contributed by atoms with van der Waals surface area (Å²) < 4.78 is 5.14. The lowest BCUT2D eigenvalue weighted by Crippen LogP contribution is -2.44. The van der Waals surface area contributed by atoms with E-state index in [9.17, 15) is 4.79 Å². The molecule has 26 heavy (non-hydrogen) atoms. The van der Waals surface area contributed by atoms with Crippen LogP contribution in [0.3, 0.4) is 0 Å². The number of nitrogens with zero attached hydrogens (tertiary/aromatic N) is 2. The average molecular weight is 380 g/mol. The molecule has 3 rings (SSSR count). The fraction of sp³-hybridized carbons (Fsp3) is 0.650. The molecule has 2 heterocycles. The quantitative estimate of drug-likeness (QED) is 0.847. The van der Waals surface area contributed by atoms with E-state index in [1.165, 1.54) is 32.5 Å². The van der Waals surface area contributed by atoms with Gasteiger partial charge in [0.1, 0.15) is 5.75 Å². The molecule has 2 saturated heterocycles. The highest BCUT2D eigenvalue weighted by Gasteiger charge is 2.26. The SMILES string of the molecule is COc1ccc(NC(=O)N2CCC(CN3CCC[C@H](C)C3)CC2)cc1Cl. The second kappa shape index (κ2) is 8.96. The van der Waals surface area contributed by atoms with Crippen LogP contribution in [-0.2, 0) is 0 Å². The molecular weight excluding hydrogens is 350 g/mol. The summed E-state index contributed by atoms with van der Waals surface area (Å²) in [7, 11) is 1.58. The summed E-state index contributed by atoms with van der Waals surface area (Å²) in [6, 6.07) is 5.26. The number of ether oxygens (including phenoxy) is 1. The summed E-state index contributed by atoms with van der Waals surface area (Å²) in [6.07, 6.45) is 4.86. The largest absolute Gasteiger partial charge is 0.495 e. The van der Waals surface area contributed by atoms with Gasteiger partial charge in [0.05, 0.1) is 12.1 Å². The van der Waals surface area contributed by atoms with Crippen LogP contribution >= 0.6 is 11.6 Å². The number of nitrogens with one attached hydrogen (secondary N) is 1. The summed E-state index contributed by atoms with van der Waals surface area (Å²) in [5.74, 6) is 2.14. The van der Waals surface area contributed by atoms with Gasteiger partial charge in [-0.25, -0.2) is 4.79 Å². The van der Waals surface area contributed by atoms with Crippen molar-refractivity contribution >= 4 is 23.3 Å². The highest BCUT2D eigenvalue weighted by atomic mass is 35.5. The molecule has 1 aromatic rings. The number of likely N-dealkylation sites (tertiary alicyclic amines) is 2. The van der Waals surface area contributed by atoms with Gasteiger partial charge < -0.3 is 19.9 Å². The van der Waals surface area contributed by atoms with E-state index in [0.29, 0.717) is 22.4 Å². The predicted octanol–water partition coefficient (Wildman–Crippen LogP) is 4.32. The molecule has 0 unspecified atom stereocenters. The van der Waals surface area contributed by atoms with Gasteiger partial charge in [0.25, 0.3) is 0 Å². The molecule has 2 aliphatic heterocycles. The van der Waals surface area contributed by atoms with Gasteiger partial charge in [0.15, 0.2) is 0 Å². The fourth-order valence-corrected chi connectivity index (χ4v) is 4.34. The minimum atomic E-state index is -0.0451. The van der Waals surface area contributed by atoms with Crippen molar-refractivity contribution in [3.63, 3.8) is 0 Å². The lowest BCUT2D eigenvalue weighted by atomic mass is 9.94. The molecule has 2 fully saturated rings. The van der Waals surface area contributed by atoms with Crippen LogP contribution in [0.25, 0.3) is 0 Å². The highest BCUT2D eigenvalue weighted by molar-refractivity contribution is 6.32. The van der Waals surface area contributed by atoms with Crippen LogP contribution in [0.2, 0.25) is 5.02 Å². The van der Waals surface area contributed by atoms with Gasteiger partial charge in [-0.15, -0.1) is 0 Å². The molecule has 0 radical (unpaired) electrons. The second-order valence-corrected chi connectivity index (χ2v) is 8.12. The van der Waals surface area contributed by atoms with Gasteiger partial charge in [0, 0.05) is 31.9 Å². The first kappa shape index (κ1) is 19.3. The average Bonchev–Trinajstić information content (AvgIpc) is 2.62. The van der Waals surface area contributed by atoms with Crippen LogP contribution in [-0.4, -0.2) is 55.7 Å².